The summed E-state index contributed by atoms with van der Waals surface area (Å²) in [6.07, 6.45) is 0.768. The number of Topliss-reactive ketones (excluding diaryl/α,β-unsaturated/α-hetero) is 5. The van der Waals surface area contributed by atoms with Crippen LogP contribution in [0.5, 0.6) is 0 Å². The third-order valence-electron chi connectivity index (χ3n) is 18.2. The van der Waals surface area contributed by atoms with Crippen LogP contribution in [-0.4, -0.2) is 191 Å². The molecule has 93 heavy (non-hydrogen) atoms. The number of allylic oxidation sites excluding steroid dienone is 2. The highest BCUT2D eigenvalue weighted by Crippen LogP contribution is 2.30. The zero-order chi connectivity index (χ0) is 71.6. The zero-order valence-electron chi connectivity index (χ0n) is 60.8. The van der Waals surface area contributed by atoms with Gasteiger partial charge in [0.05, 0.1) is 48.9 Å². The third kappa shape index (κ3) is 27.1. The van der Waals surface area contributed by atoms with Gasteiger partial charge in [-0.05, 0) is 107 Å². The monoisotopic (exact) mass is 1310 g/mol. The van der Waals surface area contributed by atoms with Gasteiger partial charge in [-0.3, -0.25) is 57.5 Å². The van der Waals surface area contributed by atoms with Gasteiger partial charge in [0.15, 0.2) is 28.9 Å². The first-order valence-corrected chi connectivity index (χ1v) is 34.3. The number of unbranched alkanes of at least 4 members (excludes halogenated alkanes) is 1. The smallest absolute Gasteiger partial charge is 0.323 e. The Kier molecular flexibility index (Phi) is 37.8. The molecule has 1 heterocycles. The van der Waals surface area contributed by atoms with Crippen molar-refractivity contribution >= 4 is 70.3 Å². The Bertz CT molecular complexity index is 2510. The molecule has 22 nitrogen and oxygen atoms in total. The largest absolute Gasteiger partial charge is 0.465 e. The van der Waals surface area contributed by atoms with E-state index in [1.165, 1.54) is 54.7 Å². The molecule has 14 atom stereocenters. The van der Waals surface area contributed by atoms with E-state index in [2.05, 4.69) is 10.6 Å². The molecule has 1 saturated heterocycles. The first-order valence-electron chi connectivity index (χ1n) is 34.3. The number of ether oxygens (including phenoxy) is 2. The molecule has 22 heteroatoms. The number of nitrogens with zero attached hydrogens (tertiary/aromatic N) is 4. The van der Waals surface area contributed by atoms with Crippen molar-refractivity contribution in [3.63, 3.8) is 0 Å². The van der Waals surface area contributed by atoms with Crippen LogP contribution in [0.2, 0.25) is 0 Å². The van der Waals surface area contributed by atoms with Crippen LogP contribution in [-0.2, 0) is 67.0 Å². The molecule has 0 spiro atoms. The van der Waals surface area contributed by atoms with Crippen LogP contribution in [0.25, 0.3) is 0 Å². The molecule has 0 bridgehead atoms. The molecule has 0 unspecified atom stereocenters. The normalized spacial score (nSPS) is 26.3. The lowest BCUT2D eigenvalue weighted by Gasteiger charge is -2.36. The minimum absolute atomic E-state index is 0.0642. The topological polar surface area (TPSA) is 307 Å². The molecule has 0 radical (unpaired) electrons. The fraction of sp³-hybridized carbons (Fsp3) is 0.803. The molecule has 5 N–H and O–H groups in total. The fourth-order valence-corrected chi connectivity index (χ4v) is 12.3. The summed E-state index contributed by atoms with van der Waals surface area (Å²) in [6.45, 7) is 32.0. The maximum atomic E-state index is 15.0. The Morgan fingerprint density at radius 2 is 1.11 bits per heavy atom. The molecule has 1 fully saturated rings. The van der Waals surface area contributed by atoms with E-state index >= 15 is 0 Å². The molecule has 6 amide bonds. The molecular formula is C71H123N7O15. The standard InChI is InChI=1S/C71H123N7O15/c1-23-25-28-46(15)65(85)52-39-59(82)63(45(13)14)78(22)69(89)50(33-40(3)4)37-58(81)55(35-42(7)8)75(19)68(88)48(17)73-66(86)47(16)36-57(80)54(34-41(5)6)76(20)70(90)51(43(9)10)38-60(83)64(49(18)92-31-26-27-32-93-71(91)62(72)44(11)12)77(21)61(84)30-29-56(79)53(24-2)74-67(52)87/h23,25,40-55,62-65,85H,24,26-39,72H2,1-22H3,(H,73,86)(H,74,87)/b25-23+/t46-,47-,48-,49-,50-,51+,52+,53+,54+,55+,62+,63+,64+,65-/m1/s1. The first kappa shape index (κ1) is 85.3. The van der Waals surface area contributed by atoms with Gasteiger partial charge < -0.3 is 50.5 Å². The van der Waals surface area contributed by atoms with E-state index in [9.17, 15) is 62.6 Å². The van der Waals surface area contributed by atoms with Crippen molar-refractivity contribution in [3.8, 4) is 0 Å². The Labute approximate surface area is 557 Å². The van der Waals surface area contributed by atoms with Crippen molar-refractivity contribution in [2.75, 3.05) is 41.4 Å². The minimum atomic E-state index is -1.41. The zero-order valence-corrected chi connectivity index (χ0v) is 60.8. The van der Waals surface area contributed by atoms with E-state index in [0.29, 0.717) is 19.3 Å². The van der Waals surface area contributed by atoms with Gasteiger partial charge in [0.2, 0.25) is 35.4 Å². The summed E-state index contributed by atoms with van der Waals surface area (Å²) in [4.78, 5) is 178. The number of rotatable bonds is 22. The van der Waals surface area contributed by atoms with E-state index in [1.807, 2.05) is 54.5 Å². The molecule has 0 aliphatic carbocycles. The van der Waals surface area contributed by atoms with E-state index < -0.39 is 186 Å². The van der Waals surface area contributed by atoms with Crippen molar-refractivity contribution in [1.29, 1.82) is 0 Å². The summed E-state index contributed by atoms with van der Waals surface area (Å²) in [7, 11) is 5.84. The summed E-state index contributed by atoms with van der Waals surface area (Å²) < 4.78 is 11.6. The fourth-order valence-electron chi connectivity index (χ4n) is 12.3. The number of aliphatic hydroxyl groups excluding tert-OH is 1. The number of aliphatic hydroxyl groups is 1. The number of ketones is 5. The van der Waals surface area contributed by atoms with Gasteiger partial charge in [0.1, 0.15) is 18.1 Å². The lowest BCUT2D eigenvalue weighted by molar-refractivity contribution is -0.148. The van der Waals surface area contributed by atoms with Crippen molar-refractivity contribution in [2.24, 2.45) is 70.8 Å². The van der Waals surface area contributed by atoms with Crippen LogP contribution in [0.4, 0.5) is 0 Å². The van der Waals surface area contributed by atoms with E-state index in [4.69, 9.17) is 15.2 Å². The van der Waals surface area contributed by atoms with Gasteiger partial charge in [-0.1, -0.05) is 116 Å². The van der Waals surface area contributed by atoms with Crippen LogP contribution in [0.1, 0.15) is 208 Å². The number of nitrogens with two attached hydrogens (primary N) is 1. The molecule has 0 aromatic carbocycles. The third-order valence-corrected chi connectivity index (χ3v) is 18.2. The van der Waals surface area contributed by atoms with Crippen LogP contribution >= 0.6 is 0 Å². The Balaban J connectivity index is 4.20. The predicted molar refractivity (Wildman–Crippen MR) is 359 cm³/mol. The number of hydrogen-bond acceptors (Lipinski definition) is 16. The average Bonchev–Trinajstić information content (AvgIpc) is 0.934. The van der Waals surface area contributed by atoms with E-state index in [1.54, 1.807) is 75.3 Å². The molecule has 532 valence electrons. The second kappa shape index (κ2) is 41.3. The van der Waals surface area contributed by atoms with Crippen molar-refractivity contribution in [2.45, 2.75) is 263 Å². The van der Waals surface area contributed by atoms with Crippen LogP contribution in [0.15, 0.2) is 12.2 Å². The second-order valence-corrected chi connectivity index (χ2v) is 28.8. The lowest BCUT2D eigenvalue weighted by atomic mass is 9.82. The highest BCUT2D eigenvalue weighted by molar-refractivity contribution is 5.99. The quantitative estimate of drug-likeness (QED) is 0.0463. The molecule has 1 rings (SSSR count). The molecule has 0 saturated carbocycles. The second-order valence-electron chi connectivity index (χ2n) is 28.8. The number of carbonyl (C=O) groups is 12. The van der Waals surface area contributed by atoms with Gasteiger partial charge in [-0.2, -0.15) is 0 Å². The van der Waals surface area contributed by atoms with E-state index in [-0.39, 0.29) is 81.8 Å². The van der Waals surface area contributed by atoms with E-state index in [0.717, 1.165) is 0 Å². The summed E-state index contributed by atoms with van der Waals surface area (Å²) in [5.74, 6) is -13.0. The Morgan fingerprint density at radius 3 is 1.61 bits per heavy atom. The van der Waals surface area contributed by atoms with Crippen LogP contribution in [0.3, 0.4) is 0 Å². The SMILES string of the molecule is C/C=C/C[C@@H](C)[C@@H](O)[C@@H]1CC(=O)[C@H](C(C)C)N(C)C(=O)[C@H](CC(C)C)CC(=O)[C@H](CC(C)C)N(C)C(=O)[C@@H](C)NC(=O)[C@H](C)CC(=O)[C@H](CC(C)C)N(C)C(=O)[C@H](C(C)C)CC(=O)[C@H]([C@@H](C)OCCCCOC(=O)[C@@H](N)C(C)C)N(C)C(=O)CCC(=O)[C@H](CC)NC1=O. The van der Waals surface area contributed by atoms with Crippen LogP contribution in [0, 0.1) is 65.1 Å². The number of amides is 6. The molecule has 1 aliphatic rings. The lowest BCUT2D eigenvalue weighted by Crippen LogP contribution is -2.53. The highest BCUT2D eigenvalue weighted by Gasteiger charge is 2.43. The molecular weight excluding hydrogens is 1190 g/mol. The van der Waals surface area contributed by atoms with Gasteiger partial charge in [0, 0.05) is 91.1 Å². The molecule has 1 aliphatic heterocycles. The highest BCUT2D eigenvalue weighted by atomic mass is 16.5. The predicted octanol–water partition coefficient (Wildman–Crippen LogP) is 7.50. The maximum Gasteiger partial charge on any atom is 0.323 e. The van der Waals surface area contributed by atoms with Crippen molar-refractivity contribution in [1.82, 2.24) is 30.2 Å². The minimum Gasteiger partial charge on any atom is -0.465 e. The summed E-state index contributed by atoms with van der Waals surface area (Å²) in [5.41, 5.74) is 5.95. The maximum absolute atomic E-state index is 15.0. The average molecular weight is 1310 g/mol. The van der Waals surface area contributed by atoms with Gasteiger partial charge >= 0.3 is 5.97 Å². The van der Waals surface area contributed by atoms with Crippen LogP contribution < -0.4 is 16.4 Å². The van der Waals surface area contributed by atoms with Gasteiger partial charge in [-0.15, -0.1) is 0 Å². The van der Waals surface area contributed by atoms with Crippen molar-refractivity contribution < 1.29 is 72.1 Å². The summed E-state index contributed by atoms with van der Waals surface area (Å²) in [6, 6.07) is -7.62. The Hall–Kier alpha value is -5.74. The number of nitrogens with one attached hydrogen (secondary N) is 2. The number of likely N-dealkylation sites (N-methyl/N-ethyl adjacent to an activating group) is 4. The summed E-state index contributed by atoms with van der Waals surface area (Å²) in [5, 5.41) is 17.5. The molecule has 0 aromatic heterocycles. The number of carbonyl (C=O) groups excluding carboxylic acids is 12. The van der Waals surface area contributed by atoms with Gasteiger partial charge in [0.25, 0.3) is 0 Å². The van der Waals surface area contributed by atoms with Gasteiger partial charge in [-0.25, -0.2) is 0 Å². The number of esters is 1. The first-order chi connectivity index (χ1) is 43.2. The number of hydrogen-bond donors (Lipinski definition) is 4. The van der Waals surface area contributed by atoms with Crippen molar-refractivity contribution in [3.05, 3.63) is 12.2 Å². The summed E-state index contributed by atoms with van der Waals surface area (Å²) >= 11 is 0. The molecule has 0 aromatic rings. The Morgan fingerprint density at radius 1 is 0.591 bits per heavy atom.